The number of halogens is 1. The van der Waals surface area contributed by atoms with Gasteiger partial charge in [-0.25, -0.2) is 0 Å². The van der Waals surface area contributed by atoms with E-state index in [9.17, 15) is 0 Å². The minimum atomic E-state index is -0.199. The van der Waals surface area contributed by atoms with Crippen molar-refractivity contribution in [2.75, 3.05) is 5.33 Å². The van der Waals surface area contributed by atoms with Gasteiger partial charge in [-0.1, -0.05) is 76.6 Å². The van der Waals surface area contributed by atoms with Crippen molar-refractivity contribution in [2.45, 2.75) is 18.5 Å². The maximum atomic E-state index is 5.99. The van der Waals surface area contributed by atoms with Crippen molar-refractivity contribution >= 4 is 15.9 Å². The summed E-state index contributed by atoms with van der Waals surface area (Å²) in [4.78, 5) is 0. The summed E-state index contributed by atoms with van der Waals surface area (Å²) in [5.74, 6) is 0. The first-order valence-electron chi connectivity index (χ1n) is 6.35. The summed E-state index contributed by atoms with van der Waals surface area (Å²) in [6.07, 6.45) is -0.298. The molecule has 0 aromatic heterocycles. The van der Waals surface area contributed by atoms with Gasteiger partial charge in [-0.3, -0.25) is 0 Å². The number of alkyl halides is 1. The summed E-state index contributed by atoms with van der Waals surface area (Å²) < 4.78 is 12.0. The van der Waals surface area contributed by atoms with Crippen molar-refractivity contribution in [2.24, 2.45) is 0 Å². The van der Waals surface area contributed by atoms with E-state index in [4.69, 9.17) is 9.47 Å². The first-order valence-corrected chi connectivity index (χ1v) is 7.47. The number of rotatable bonds is 3. The van der Waals surface area contributed by atoms with E-state index in [2.05, 4.69) is 40.2 Å². The van der Waals surface area contributed by atoms with Crippen molar-refractivity contribution in [1.29, 1.82) is 0 Å². The Morgan fingerprint density at radius 2 is 1.16 bits per heavy atom. The highest BCUT2D eigenvalue weighted by Gasteiger charge is 2.37. The second-order valence-electron chi connectivity index (χ2n) is 4.52. The predicted molar refractivity (Wildman–Crippen MR) is 78.1 cm³/mol. The van der Waals surface area contributed by atoms with E-state index in [1.54, 1.807) is 0 Å². The van der Waals surface area contributed by atoms with Gasteiger partial charge < -0.3 is 9.47 Å². The summed E-state index contributed by atoms with van der Waals surface area (Å²) in [5, 5.41) is 0.680. The Morgan fingerprint density at radius 1 is 0.737 bits per heavy atom. The second kappa shape index (κ2) is 5.87. The largest absolute Gasteiger partial charge is 0.341 e. The van der Waals surface area contributed by atoms with Crippen LogP contribution in [0.4, 0.5) is 0 Å². The topological polar surface area (TPSA) is 18.5 Å². The molecule has 19 heavy (non-hydrogen) atoms. The summed E-state index contributed by atoms with van der Waals surface area (Å²) in [5.41, 5.74) is 2.31. The highest BCUT2D eigenvalue weighted by molar-refractivity contribution is 9.09. The lowest BCUT2D eigenvalue weighted by molar-refractivity contribution is -0.0469. The fraction of sp³-hybridized carbons (Fsp3) is 0.250. The van der Waals surface area contributed by atoms with Crippen LogP contribution in [0.2, 0.25) is 0 Å². The highest BCUT2D eigenvalue weighted by atomic mass is 79.9. The lowest BCUT2D eigenvalue weighted by Gasteiger charge is -2.17. The molecule has 2 nitrogen and oxygen atoms in total. The second-order valence-corrected chi connectivity index (χ2v) is 5.17. The average Bonchev–Trinajstić information content (AvgIpc) is 2.93. The zero-order chi connectivity index (χ0) is 13.1. The smallest absolute Gasteiger partial charge is 0.169 e. The molecule has 2 aromatic rings. The van der Waals surface area contributed by atoms with Crippen LogP contribution in [-0.4, -0.2) is 11.6 Å². The first kappa shape index (κ1) is 12.9. The van der Waals surface area contributed by atoms with Crippen molar-refractivity contribution in [3.8, 4) is 0 Å². The zero-order valence-corrected chi connectivity index (χ0v) is 12.0. The molecule has 1 heterocycles. The van der Waals surface area contributed by atoms with E-state index >= 15 is 0 Å². The van der Waals surface area contributed by atoms with Gasteiger partial charge in [0.25, 0.3) is 0 Å². The number of ether oxygens (including phenoxy) is 2. The summed E-state index contributed by atoms with van der Waals surface area (Å²) in [6.45, 7) is 0. The molecule has 0 radical (unpaired) electrons. The molecule has 0 amide bonds. The first-order chi connectivity index (χ1) is 9.38. The molecule has 0 saturated carbocycles. The van der Waals surface area contributed by atoms with Crippen LogP contribution < -0.4 is 0 Å². The van der Waals surface area contributed by atoms with Crippen LogP contribution in [0, 0.1) is 0 Å². The van der Waals surface area contributed by atoms with Crippen LogP contribution in [0.1, 0.15) is 23.3 Å². The van der Waals surface area contributed by atoms with E-state index in [0.29, 0.717) is 5.33 Å². The van der Waals surface area contributed by atoms with Crippen molar-refractivity contribution in [1.82, 2.24) is 0 Å². The molecule has 1 fully saturated rings. The fourth-order valence-electron chi connectivity index (χ4n) is 2.37. The molecular formula is C16H15BrO2. The molecular weight excluding hydrogens is 304 g/mol. The van der Waals surface area contributed by atoms with Crippen molar-refractivity contribution in [3.05, 3.63) is 71.8 Å². The standard InChI is InChI=1S/C16H15BrO2/c17-11-14-18-15(12-7-3-1-4-8-12)16(19-14)13-9-5-2-6-10-13/h1-10,14-16H,11H2/t15-,16-/m1/s1. The predicted octanol–water partition coefficient (Wildman–Crippen LogP) is 4.24. The summed E-state index contributed by atoms with van der Waals surface area (Å²) in [7, 11) is 0. The Balaban J connectivity index is 1.92. The molecule has 0 spiro atoms. The Bertz CT molecular complexity index is 467. The lowest BCUT2D eigenvalue weighted by atomic mass is 9.99. The lowest BCUT2D eigenvalue weighted by Crippen LogP contribution is -2.08. The number of hydrogen-bond acceptors (Lipinski definition) is 2. The van der Waals surface area contributed by atoms with E-state index in [1.165, 1.54) is 0 Å². The van der Waals surface area contributed by atoms with E-state index in [0.717, 1.165) is 11.1 Å². The summed E-state index contributed by atoms with van der Waals surface area (Å²) in [6, 6.07) is 20.5. The third-order valence-electron chi connectivity index (χ3n) is 3.25. The minimum absolute atomic E-state index is 0.0499. The zero-order valence-electron chi connectivity index (χ0n) is 10.4. The van der Waals surface area contributed by atoms with E-state index < -0.39 is 0 Å². The monoisotopic (exact) mass is 318 g/mol. The Hall–Kier alpha value is -1.16. The third kappa shape index (κ3) is 2.73. The Labute approximate surface area is 121 Å². The number of hydrogen-bond donors (Lipinski definition) is 0. The highest BCUT2D eigenvalue weighted by Crippen LogP contribution is 2.42. The van der Waals surface area contributed by atoms with Gasteiger partial charge in [-0.2, -0.15) is 0 Å². The molecule has 1 saturated heterocycles. The molecule has 2 aromatic carbocycles. The molecule has 98 valence electrons. The molecule has 1 aliphatic heterocycles. The van der Waals surface area contributed by atoms with Gasteiger partial charge >= 0.3 is 0 Å². The molecule has 0 unspecified atom stereocenters. The molecule has 1 aliphatic rings. The van der Waals surface area contributed by atoms with Crippen LogP contribution in [0.25, 0.3) is 0 Å². The van der Waals surface area contributed by atoms with Crippen LogP contribution in [0.5, 0.6) is 0 Å². The molecule has 0 aliphatic carbocycles. The maximum absolute atomic E-state index is 5.99. The van der Waals surface area contributed by atoms with Crippen LogP contribution in [0.15, 0.2) is 60.7 Å². The third-order valence-corrected chi connectivity index (χ3v) is 3.78. The van der Waals surface area contributed by atoms with E-state index in [1.807, 2.05) is 36.4 Å². The number of benzene rings is 2. The van der Waals surface area contributed by atoms with Gasteiger partial charge in [0.05, 0.1) is 5.33 Å². The Kier molecular flexibility index (Phi) is 3.97. The van der Waals surface area contributed by atoms with Gasteiger partial charge in [0.1, 0.15) is 12.2 Å². The summed E-state index contributed by atoms with van der Waals surface area (Å²) >= 11 is 3.43. The normalized spacial score (nSPS) is 23.6. The van der Waals surface area contributed by atoms with Gasteiger partial charge in [0.2, 0.25) is 0 Å². The molecule has 0 N–H and O–H groups in total. The maximum Gasteiger partial charge on any atom is 0.169 e. The van der Waals surface area contributed by atoms with Crippen LogP contribution in [0.3, 0.4) is 0 Å². The van der Waals surface area contributed by atoms with Gasteiger partial charge in [-0.05, 0) is 11.1 Å². The molecule has 3 rings (SSSR count). The molecule has 0 bridgehead atoms. The molecule has 3 heteroatoms. The van der Waals surface area contributed by atoms with Crippen LogP contribution >= 0.6 is 15.9 Å². The van der Waals surface area contributed by atoms with Gasteiger partial charge in [-0.15, -0.1) is 0 Å². The fourth-order valence-corrected chi connectivity index (χ4v) is 2.67. The van der Waals surface area contributed by atoms with Crippen molar-refractivity contribution < 1.29 is 9.47 Å². The van der Waals surface area contributed by atoms with Gasteiger partial charge in [0.15, 0.2) is 6.29 Å². The SMILES string of the molecule is BrCC1O[C@H](c2ccccc2)[C@@H](c2ccccc2)O1. The van der Waals surface area contributed by atoms with Crippen molar-refractivity contribution in [3.63, 3.8) is 0 Å². The quantitative estimate of drug-likeness (QED) is 0.788. The molecule has 2 atom stereocenters. The van der Waals surface area contributed by atoms with E-state index in [-0.39, 0.29) is 18.5 Å². The van der Waals surface area contributed by atoms with Gasteiger partial charge in [0, 0.05) is 0 Å². The Morgan fingerprint density at radius 3 is 1.53 bits per heavy atom. The van der Waals surface area contributed by atoms with Crippen LogP contribution in [-0.2, 0) is 9.47 Å². The average molecular weight is 319 g/mol. The minimum Gasteiger partial charge on any atom is -0.341 e.